The monoisotopic (exact) mass is 328 g/mol. The van der Waals surface area contributed by atoms with Crippen molar-refractivity contribution >= 4 is 29.3 Å². The Balaban J connectivity index is 1.62. The number of pyridine rings is 2. The molecule has 3 rings (SSSR count). The second kappa shape index (κ2) is 6.78. The maximum Gasteiger partial charge on any atom is 0.240 e. The van der Waals surface area contributed by atoms with E-state index in [1.54, 1.807) is 36.6 Å². The Morgan fingerprint density at radius 3 is 2.96 bits per heavy atom. The molecule has 1 N–H and O–H groups in total. The molecular weight excluding hydrogens is 312 g/mol. The predicted octanol–water partition coefficient (Wildman–Crippen LogP) is 1.62. The van der Waals surface area contributed by atoms with Gasteiger partial charge < -0.3 is 10.2 Å². The summed E-state index contributed by atoms with van der Waals surface area (Å²) in [7, 11) is 1.71. The van der Waals surface area contributed by atoms with Gasteiger partial charge in [-0.1, -0.05) is 17.8 Å². The lowest BCUT2D eigenvalue weighted by atomic mass is 10.2. The van der Waals surface area contributed by atoms with Crippen molar-refractivity contribution in [2.75, 3.05) is 11.9 Å². The quantitative estimate of drug-likeness (QED) is 0.923. The van der Waals surface area contributed by atoms with E-state index in [4.69, 9.17) is 0 Å². The number of nitrogens with one attached hydrogen (secondary N) is 1. The highest BCUT2D eigenvalue weighted by Gasteiger charge is 2.33. The van der Waals surface area contributed by atoms with Crippen LogP contribution in [0.1, 0.15) is 12.0 Å². The average molecular weight is 328 g/mol. The van der Waals surface area contributed by atoms with Crippen molar-refractivity contribution in [3.63, 3.8) is 0 Å². The minimum atomic E-state index is -0.448. The molecule has 118 valence electrons. The molecular formula is C16H16N4O2S. The van der Waals surface area contributed by atoms with Gasteiger partial charge in [-0.05, 0) is 23.8 Å². The molecule has 1 aliphatic heterocycles. The number of nitrogens with zero attached hydrogens (tertiary/aromatic N) is 3. The van der Waals surface area contributed by atoms with E-state index in [1.165, 1.54) is 11.8 Å². The maximum atomic E-state index is 12.4. The molecule has 3 heterocycles. The van der Waals surface area contributed by atoms with Gasteiger partial charge in [0.05, 0.1) is 10.9 Å². The predicted molar refractivity (Wildman–Crippen MR) is 88.0 cm³/mol. The number of carbonyl (C=O) groups is 2. The standard InChI is InChI=1S/C16H16N4O2S/c1-20-12-5-3-7-18-15(12)23-13(16(20)22)8-14(21)19-10-11-4-2-6-17-9-11/h2-7,9,13H,8,10H2,1H3,(H,19,21)/t13-/m1/s1. The number of rotatable bonds is 4. The molecule has 0 fully saturated rings. The molecule has 0 saturated carbocycles. The van der Waals surface area contributed by atoms with Gasteiger partial charge in [0.15, 0.2) is 0 Å². The van der Waals surface area contributed by atoms with Crippen molar-refractivity contribution in [3.05, 3.63) is 48.4 Å². The summed E-state index contributed by atoms with van der Waals surface area (Å²) in [5.74, 6) is -0.237. The van der Waals surface area contributed by atoms with Gasteiger partial charge in [-0.15, -0.1) is 0 Å². The third kappa shape index (κ3) is 3.50. The molecule has 2 aromatic rings. The SMILES string of the molecule is CN1C(=O)[C@@H](CC(=O)NCc2cccnc2)Sc2ncccc21. The molecule has 2 aromatic heterocycles. The van der Waals surface area contributed by atoms with Crippen LogP contribution in [0.3, 0.4) is 0 Å². The molecule has 23 heavy (non-hydrogen) atoms. The Morgan fingerprint density at radius 2 is 2.17 bits per heavy atom. The van der Waals surface area contributed by atoms with Crippen LogP contribution in [0.2, 0.25) is 0 Å². The van der Waals surface area contributed by atoms with Crippen LogP contribution >= 0.6 is 11.8 Å². The van der Waals surface area contributed by atoms with Crippen molar-refractivity contribution in [1.82, 2.24) is 15.3 Å². The van der Waals surface area contributed by atoms with E-state index in [-0.39, 0.29) is 18.2 Å². The van der Waals surface area contributed by atoms with E-state index < -0.39 is 5.25 Å². The molecule has 2 amide bonds. The number of carbonyl (C=O) groups excluding carboxylic acids is 2. The third-order valence-electron chi connectivity index (χ3n) is 3.56. The van der Waals surface area contributed by atoms with Gasteiger partial charge in [-0.2, -0.15) is 0 Å². The minimum absolute atomic E-state index is 0.0768. The van der Waals surface area contributed by atoms with Gasteiger partial charge in [0, 0.05) is 38.6 Å². The molecule has 7 heteroatoms. The molecule has 0 saturated heterocycles. The number of thioether (sulfide) groups is 1. The molecule has 0 spiro atoms. The van der Waals surface area contributed by atoms with E-state index in [2.05, 4.69) is 15.3 Å². The Morgan fingerprint density at radius 1 is 1.35 bits per heavy atom. The topological polar surface area (TPSA) is 75.2 Å². The Kier molecular flexibility index (Phi) is 4.57. The summed E-state index contributed by atoms with van der Waals surface area (Å²) >= 11 is 1.34. The van der Waals surface area contributed by atoms with Gasteiger partial charge in [-0.3, -0.25) is 14.6 Å². The van der Waals surface area contributed by atoms with Crippen LogP contribution in [0.15, 0.2) is 47.9 Å². The molecule has 6 nitrogen and oxygen atoms in total. The minimum Gasteiger partial charge on any atom is -0.352 e. The van der Waals surface area contributed by atoms with Gasteiger partial charge in [0.2, 0.25) is 11.8 Å². The second-order valence-corrected chi connectivity index (χ2v) is 6.36. The summed E-state index contributed by atoms with van der Waals surface area (Å²) in [6.45, 7) is 0.406. The van der Waals surface area contributed by atoms with Crippen molar-refractivity contribution in [1.29, 1.82) is 0 Å². The summed E-state index contributed by atoms with van der Waals surface area (Å²) in [5.41, 5.74) is 1.71. The van der Waals surface area contributed by atoms with Gasteiger partial charge in [0.1, 0.15) is 5.03 Å². The molecule has 0 bridgehead atoms. The highest BCUT2D eigenvalue weighted by Crippen LogP contribution is 2.37. The average Bonchev–Trinajstić information content (AvgIpc) is 2.58. The Bertz CT molecular complexity index is 723. The molecule has 0 aromatic carbocycles. The zero-order valence-electron chi connectivity index (χ0n) is 12.6. The van der Waals surface area contributed by atoms with Gasteiger partial charge in [0.25, 0.3) is 0 Å². The number of hydrogen-bond acceptors (Lipinski definition) is 5. The molecule has 1 atom stereocenters. The highest BCUT2D eigenvalue weighted by molar-refractivity contribution is 8.00. The molecule has 0 unspecified atom stereocenters. The largest absolute Gasteiger partial charge is 0.352 e. The van der Waals surface area contributed by atoms with Crippen molar-refractivity contribution in [2.45, 2.75) is 23.2 Å². The van der Waals surface area contributed by atoms with Gasteiger partial charge in [-0.25, -0.2) is 4.98 Å². The zero-order valence-corrected chi connectivity index (χ0v) is 13.4. The third-order valence-corrected chi connectivity index (χ3v) is 4.75. The molecule has 0 radical (unpaired) electrons. The fraction of sp³-hybridized carbons (Fsp3) is 0.250. The van der Waals surface area contributed by atoms with E-state index in [9.17, 15) is 9.59 Å². The summed E-state index contributed by atoms with van der Waals surface area (Å²) in [4.78, 5) is 34.4. The van der Waals surface area contributed by atoms with Crippen LogP contribution in [0.4, 0.5) is 5.69 Å². The van der Waals surface area contributed by atoms with E-state index >= 15 is 0 Å². The number of amides is 2. The number of fused-ring (bicyclic) bond motifs is 1. The normalized spacial score (nSPS) is 16.8. The molecule has 0 aliphatic carbocycles. The first-order valence-corrected chi connectivity index (χ1v) is 8.08. The van der Waals surface area contributed by atoms with E-state index in [0.29, 0.717) is 6.54 Å². The van der Waals surface area contributed by atoms with Crippen LogP contribution in [0, 0.1) is 0 Å². The summed E-state index contributed by atoms with van der Waals surface area (Å²) in [6.07, 6.45) is 5.21. The summed E-state index contributed by atoms with van der Waals surface area (Å²) in [6, 6.07) is 7.36. The lowest BCUT2D eigenvalue weighted by molar-refractivity contribution is -0.124. The van der Waals surface area contributed by atoms with Crippen molar-refractivity contribution in [2.24, 2.45) is 0 Å². The van der Waals surface area contributed by atoms with Crippen LogP contribution in [0.25, 0.3) is 0 Å². The first kappa shape index (κ1) is 15.5. The first-order chi connectivity index (χ1) is 11.1. The van der Waals surface area contributed by atoms with Crippen LogP contribution < -0.4 is 10.2 Å². The fourth-order valence-corrected chi connectivity index (χ4v) is 3.53. The Labute approximate surface area is 138 Å². The summed E-state index contributed by atoms with van der Waals surface area (Å²) < 4.78 is 0. The van der Waals surface area contributed by atoms with E-state index in [1.807, 2.05) is 18.2 Å². The second-order valence-electron chi connectivity index (χ2n) is 5.17. The summed E-state index contributed by atoms with van der Waals surface area (Å²) in [5, 5.41) is 3.15. The van der Waals surface area contributed by atoms with Crippen LogP contribution in [-0.4, -0.2) is 34.1 Å². The smallest absolute Gasteiger partial charge is 0.240 e. The Hall–Kier alpha value is -2.41. The highest BCUT2D eigenvalue weighted by atomic mass is 32.2. The first-order valence-electron chi connectivity index (χ1n) is 7.20. The number of aromatic nitrogens is 2. The zero-order chi connectivity index (χ0) is 16.2. The maximum absolute atomic E-state index is 12.4. The van der Waals surface area contributed by atoms with Crippen LogP contribution in [-0.2, 0) is 16.1 Å². The fourth-order valence-electron chi connectivity index (χ4n) is 2.32. The lowest BCUT2D eigenvalue weighted by Gasteiger charge is -2.29. The number of hydrogen-bond donors (Lipinski definition) is 1. The van der Waals surface area contributed by atoms with Crippen molar-refractivity contribution < 1.29 is 9.59 Å². The molecule has 1 aliphatic rings. The van der Waals surface area contributed by atoms with Crippen LogP contribution in [0.5, 0.6) is 0 Å². The van der Waals surface area contributed by atoms with Gasteiger partial charge >= 0.3 is 0 Å². The number of anilines is 1. The lowest BCUT2D eigenvalue weighted by Crippen LogP contribution is -2.41. The van der Waals surface area contributed by atoms with E-state index in [0.717, 1.165) is 16.3 Å². The van der Waals surface area contributed by atoms with Crippen molar-refractivity contribution in [3.8, 4) is 0 Å².